The zero-order chi connectivity index (χ0) is 12.1. The van der Waals surface area contributed by atoms with E-state index in [-0.39, 0.29) is 11.9 Å². The summed E-state index contributed by atoms with van der Waals surface area (Å²) in [7, 11) is 0. The minimum absolute atomic E-state index is 0.120. The third-order valence-corrected chi connectivity index (χ3v) is 3.55. The molecule has 17 heavy (non-hydrogen) atoms. The average molecular weight is 237 g/mol. The van der Waals surface area contributed by atoms with Gasteiger partial charge in [0.25, 0.3) is 0 Å². The zero-order valence-corrected chi connectivity index (χ0v) is 10.7. The lowest BCUT2D eigenvalue weighted by Crippen LogP contribution is -2.45. The highest BCUT2D eigenvalue weighted by Crippen LogP contribution is 2.10. The molecule has 0 spiro atoms. The Labute approximate surface area is 103 Å². The van der Waals surface area contributed by atoms with Crippen LogP contribution in [0.2, 0.25) is 0 Å². The van der Waals surface area contributed by atoms with Crippen molar-refractivity contribution in [3.63, 3.8) is 0 Å². The number of nitrogens with one attached hydrogen (secondary N) is 1. The molecular weight excluding hydrogens is 214 g/mol. The molecule has 0 bridgehead atoms. The molecule has 0 aliphatic carbocycles. The largest absolute Gasteiger partial charge is 0.362 e. The molecule has 1 N–H and O–H groups in total. The van der Waals surface area contributed by atoms with Crippen LogP contribution in [0.25, 0.3) is 0 Å². The molecular formula is C13H23N3O. The van der Waals surface area contributed by atoms with Gasteiger partial charge < -0.3 is 10.2 Å². The van der Waals surface area contributed by atoms with Crippen LogP contribution in [-0.2, 0) is 4.79 Å². The van der Waals surface area contributed by atoms with Gasteiger partial charge in [-0.1, -0.05) is 6.42 Å². The number of amidine groups is 1. The summed E-state index contributed by atoms with van der Waals surface area (Å²) in [6.07, 6.45) is 6.93. The van der Waals surface area contributed by atoms with Crippen molar-refractivity contribution in [2.45, 2.75) is 51.5 Å². The maximum absolute atomic E-state index is 12.1. The summed E-state index contributed by atoms with van der Waals surface area (Å²) < 4.78 is 0. The van der Waals surface area contributed by atoms with Gasteiger partial charge in [-0.2, -0.15) is 0 Å². The highest BCUT2D eigenvalue weighted by atomic mass is 16.2. The highest BCUT2D eigenvalue weighted by Gasteiger charge is 2.23. The van der Waals surface area contributed by atoms with E-state index in [1.165, 1.54) is 19.3 Å². The van der Waals surface area contributed by atoms with E-state index in [0.29, 0.717) is 0 Å². The molecule has 0 aromatic carbocycles. The number of aliphatic imine (C=N–C) groups is 1. The molecule has 2 heterocycles. The van der Waals surface area contributed by atoms with Gasteiger partial charge in [-0.05, 0) is 32.6 Å². The minimum Gasteiger partial charge on any atom is -0.362 e. The van der Waals surface area contributed by atoms with Gasteiger partial charge in [0.2, 0.25) is 5.91 Å². The van der Waals surface area contributed by atoms with Crippen LogP contribution in [-0.4, -0.2) is 42.3 Å². The lowest BCUT2D eigenvalue weighted by molar-refractivity contribution is -0.131. The second-order valence-electron chi connectivity index (χ2n) is 5.04. The predicted octanol–water partition coefficient (Wildman–Crippen LogP) is 1.56. The van der Waals surface area contributed by atoms with E-state index < -0.39 is 0 Å². The van der Waals surface area contributed by atoms with Crippen LogP contribution in [0.4, 0.5) is 0 Å². The maximum Gasteiger partial charge on any atom is 0.244 e. The zero-order valence-electron chi connectivity index (χ0n) is 10.7. The van der Waals surface area contributed by atoms with E-state index in [1.54, 1.807) is 0 Å². The van der Waals surface area contributed by atoms with E-state index in [1.807, 2.05) is 11.8 Å². The Morgan fingerprint density at radius 2 is 2.00 bits per heavy atom. The van der Waals surface area contributed by atoms with Gasteiger partial charge in [-0.3, -0.25) is 9.79 Å². The SMILES string of the molecule is CC(NC1=NCCCCC1)C(=O)N1CCCC1. The van der Waals surface area contributed by atoms with Gasteiger partial charge in [-0.25, -0.2) is 0 Å². The smallest absolute Gasteiger partial charge is 0.244 e. The Hall–Kier alpha value is -1.06. The topological polar surface area (TPSA) is 44.7 Å². The molecule has 1 amide bonds. The van der Waals surface area contributed by atoms with E-state index in [4.69, 9.17) is 0 Å². The van der Waals surface area contributed by atoms with E-state index in [2.05, 4.69) is 10.3 Å². The molecule has 4 nitrogen and oxygen atoms in total. The van der Waals surface area contributed by atoms with Gasteiger partial charge in [-0.15, -0.1) is 0 Å². The number of nitrogens with zero attached hydrogens (tertiary/aromatic N) is 2. The fourth-order valence-corrected chi connectivity index (χ4v) is 2.51. The summed E-state index contributed by atoms with van der Waals surface area (Å²) in [5, 5.41) is 3.29. The van der Waals surface area contributed by atoms with Crippen molar-refractivity contribution >= 4 is 11.7 Å². The van der Waals surface area contributed by atoms with E-state index in [0.717, 1.165) is 44.7 Å². The van der Waals surface area contributed by atoms with Crippen molar-refractivity contribution in [3.05, 3.63) is 0 Å². The number of likely N-dealkylation sites (tertiary alicyclic amines) is 1. The number of amides is 1. The van der Waals surface area contributed by atoms with Crippen LogP contribution in [0.1, 0.15) is 45.4 Å². The third-order valence-electron chi connectivity index (χ3n) is 3.55. The standard InChI is InChI=1S/C13H23N3O/c1-11(13(17)16-9-5-6-10-16)15-12-7-3-2-4-8-14-12/h11H,2-10H2,1H3,(H,14,15). The Morgan fingerprint density at radius 3 is 2.76 bits per heavy atom. The number of carbonyl (C=O) groups excluding carboxylic acids is 1. The van der Waals surface area contributed by atoms with Gasteiger partial charge in [0.1, 0.15) is 6.04 Å². The summed E-state index contributed by atoms with van der Waals surface area (Å²) >= 11 is 0. The molecule has 1 fully saturated rings. The lowest BCUT2D eigenvalue weighted by Gasteiger charge is -2.22. The lowest BCUT2D eigenvalue weighted by atomic mass is 10.2. The van der Waals surface area contributed by atoms with Crippen molar-refractivity contribution in [3.8, 4) is 0 Å². The summed E-state index contributed by atoms with van der Waals surface area (Å²) in [6.45, 7) is 4.72. The minimum atomic E-state index is -0.120. The summed E-state index contributed by atoms with van der Waals surface area (Å²) in [5.41, 5.74) is 0. The van der Waals surface area contributed by atoms with Crippen LogP contribution in [0.3, 0.4) is 0 Å². The van der Waals surface area contributed by atoms with Gasteiger partial charge >= 0.3 is 0 Å². The Balaban J connectivity index is 1.84. The Bertz CT molecular complexity index is 295. The first kappa shape index (κ1) is 12.4. The molecule has 2 aliphatic rings. The third kappa shape index (κ3) is 3.45. The first-order chi connectivity index (χ1) is 8.27. The van der Waals surface area contributed by atoms with Gasteiger partial charge in [0, 0.05) is 26.1 Å². The van der Waals surface area contributed by atoms with Crippen LogP contribution < -0.4 is 5.32 Å². The fraction of sp³-hybridized carbons (Fsp3) is 0.846. The molecule has 1 saturated heterocycles. The van der Waals surface area contributed by atoms with Crippen LogP contribution in [0, 0.1) is 0 Å². The summed E-state index contributed by atoms with van der Waals surface area (Å²) in [5.74, 6) is 1.26. The van der Waals surface area contributed by atoms with Crippen LogP contribution in [0.5, 0.6) is 0 Å². The fourth-order valence-electron chi connectivity index (χ4n) is 2.51. The first-order valence-corrected chi connectivity index (χ1v) is 6.86. The van der Waals surface area contributed by atoms with Crippen molar-refractivity contribution < 1.29 is 4.79 Å². The molecule has 0 aromatic heterocycles. The monoisotopic (exact) mass is 237 g/mol. The molecule has 0 radical (unpaired) electrons. The van der Waals surface area contributed by atoms with E-state index >= 15 is 0 Å². The molecule has 1 atom stereocenters. The Kier molecular flexibility index (Phi) is 4.40. The normalized spacial score (nSPS) is 22.9. The first-order valence-electron chi connectivity index (χ1n) is 6.86. The molecule has 0 aromatic rings. The van der Waals surface area contributed by atoms with Crippen molar-refractivity contribution in [2.24, 2.45) is 4.99 Å². The number of hydrogen-bond donors (Lipinski definition) is 1. The second kappa shape index (κ2) is 6.03. The highest BCUT2D eigenvalue weighted by molar-refractivity contribution is 5.90. The van der Waals surface area contributed by atoms with Crippen LogP contribution in [0.15, 0.2) is 4.99 Å². The van der Waals surface area contributed by atoms with Gasteiger partial charge in [0.15, 0.2) is 0 Å². The number of rotatable bonds is 2. The summed E-state index contributed by atoms with van der Waals surface area (Å²) in [4.78, 5) is 18.6. The number of carbonyl (C=O) groups is 1. The predicted molar refractivity (Wildman–Crippen MR) is 69.2 cm³/mol. The maximum atomic E-state index is 12.1. The van der Waals surface area contributed by atoms with Crippen molar-refractivity contribution in [1.29, 1.82) is 0 Å². The van der Waals surface area contributed by atoms with Crippen molar-refractivity contribution in [2.75, 3.05) is 19.6 Å². The molecule has 2 rings (SSSR count). The molecule has 2 aliphatic heterocycles. The second-order valence-corrected chi connectivity index (χ2v) is 5.04. The van der Waals surface area contributed by atoms with E-state index in [9.17, 15) is 4.79 Å². The van der Waals surface area contributed by atoms with Crippen molar-refractivity contribution in [1.82, 2.24) is 10.2 Å². The number of hydrogen-bond acceptors (Lipinski definition) is 3. The average Bonchev–Trinajstić information content (AvgIpc) is 2.74. The molecule has 96 valence electrons. The molecule has 1 unspecified atom stereocenters. The Morgan fingerprint density at radius 1 is 1.24 bits per heavy atom. The molecule has 0 saturated carbocycles. The molecule has 4 heteroatoms. The van der Waals surface area contributed by atoms with Crippen LogP contribution >= 0.6 is 0 Å². The summed E-state index contributed by atoms with van der Waals surface area (Å²) in [6, 6.07) is -0.120. The van der Waals surface area contributed by atoms with Gasteiger partial charge in [0.05, 0.1) is 5.84 Å². The quantitative estimate of drug-likeness (QED) is 0.792.